The molecular weight excluding hydrogens is 168 g/mol. The third-order valence-corrected chi connectivity index (χ3v) is 1.58. The van der Waals surface area contributed by atoms with E-state index in [9.17, 15) is 10.2 Å². The summed E-state index contributed by atoms with van der Waals surface area (Å²) in [4.78, 5) is 1.09. The van der Waals surface area contributed by atoms with Gasteiger partial charge in [0.2, 0.25) is 0 Å². The molecule has 4 heteroatoms. The average molecular weight is 183 g/mol. The summed E-state index contributed by atoms with van der Waals surface area (Å²) in [7, 11) is 0. The van der Waals surface area contributed by atoms with Gasteiger partial charge in [-0.2, -0.15) is 0 Å². The van der Waals surface area contributed by atoms with E-state index in [2.05, 4.69) is 19.7 Å². The molecule has 3 unspecified atom stereocenters. The van der Waals surface area contributed by atoms with E-state index in [1.165, 1.54) is 18.2 Å². The van der Waals surface area contributed by atoms with Crippen molar-refractivity contribution in [3.8, 4) is 0 Å². The second-order valence-corrected chi connectivity index (χ2v) is 2.43. The zero-order chi connectivity index (χ0) is 10.4. The van der Waals surface area contributed by atoms with E-state index < -0.39 is 18.6 Å². The molecule has 0 aromatic carbocycles. The van der Waals surface area contributed by atoms with Crippen molar-refractivity contribution in [2.45, 2.75) is 18.6 Å². The molecule has 0 saturated heterocycles. The highest BCUT2D eigenvalue weighted by molar-refractivity contribution is 4.94. The Labute approximate surface area is 78.3 Å². The van der Waals surface area contributed by atoms with E-state index in [1.54, 1.807) is 0 Å². The summed E-state index contributed by atoms with van der Waals surface area (Å²) in [5.74, 6) is 0. The van der Waals surface area contributed by atoms with E-state index in [0.717, 1.165) is 4.90 Å². The number of hydrogen-bond donors (Lipinski definition) is 2. The Morgan fingerprint density at radius 3 is 1.62 bits per heavy atom. The van der Waals surface area contributed by atoms with Crippen molar-refractivity contribution in [3.63, 3.8) is 0 Å². The van der Waals surface area contributed by atoms with Gasteiger partial charge in [0.05, 0.1) is 6.17 Å². The predicted molar refractivity (Wildman–Crippen MR) is 51.3 cm³/mol. The first-order valence-corrected chi connectivity index (χ1v) is 3.80. The van der Waals surface area contributed by atoms with Crippen molar-refractivity contribution in [1.29, 1.82) is 0 Å². The lowest BCUT2D eigenvalue weighted by Crippen LogP contribution is -2.48. The van der Waals surface area contributed by atoms with Crippen LogP contribution in [-0.2, 0) is 0 Å². The third kappa shape index (κ3) is 3.12. The van der Waals surface area contributed by atoms with Gasteiger partial charge in [-0.3, -0.25) is 0 Å². The van der Waals surface area contributed by atoms with E-state index in [1.807, 2.05) is 0 Å². The van der Waals surface area contributed by atoms with Crippen LogP contribution in [0.3, 0.4) is 0 Å². The molecule has 0 rings (SSSR count). The van der Waals surface area contributed by atoms with Gasteiger partial charge in [0.15, 0.2) is 0 Å². The summed E-state index contributed by atoms with van der Waals surface area (Å²) in [6.45, 7) is 10.1. The molecule has 73 valence electrons. The van der Waals surface area contributed by atoms with Crippen molar-refractivity contribution in [1.82, 2.24) is 10.6 Å². The van der Waals surface area contributed by atoms with Crippen LogP contribution in [-0.4, -0.2) is 33.7 Å². The molecule has 0 aliphatic rings. The van der Waals surface area contributed by atoms with Gasteiger partial charge in [-0.05, 0) is 12.2 Å². The number of rotatable bonds is 6. The molecule has 4 nitrogen and oxygen atoms in total. The third-order valence-electron chi connectivity index (χ3n) is 1.58. The molecular formula is C9H15N2O2. The van der Waals surface area contributed by atoms with Crippen molar-refractivity contribution >= 4 is 0 Å². The first kappa shape index (κ1) is 12.1. The van der Waals surface area contributed by atoms with Crippen LogP contribution in [0.4, 0.5) is 0 Å². The van der Waals surface area contributed by atoms with Crippen molar-refractivity contribution in [2.75, 3.05) is 0 Å². The minimum Gasteiger partial charge on any atom is -0.375 e. The van der Waals surface area contributed by atoms with Crippen LogP contribution in [0.1, 0.15) is 0 Å². The summed E-state index contributed by atoms with van der Waals surface area (Å²) < 4.78 is 0. The lowest BCUT2D eigenvalue weighted by molar-refractivity contribution is -0.0724. The Balaban J connectivity index is 4.61. The SMILES string of the molecule is C=CC([NH])N(C(O)C=C)C(O)C=C. The topological polar surface area (TPSA) is 67.5 Å². The smallest absolute Gasteiger partial charge is 0.130 e. The van der Waals surface area contributed by atoms with Gasteiger partial charge in [0, 0.05) is 0 Å². The van der Waals surface area contributed by atoms with Gasteiger partial charge in [0.25, 0.3) is 0 Å². The molecule has 0 aromatic heterocycles. The molecule has 13 heavy (non-hydrogen) atoms. The quantitative estimate of drug-likeness (QED) is 0.453. The fourth-order valence-electron chi connectivity index (χ4n) is 0.851. The zero-order valence-electron chi connectivity index (χ0n) is 7.43. The van der Waals surface area contributed by atoms with E-state index in [0.29, 0.717) is 0 Å². The zero-order valence-corrected chi connectivity index (χ0v) is 7.43. The van der Waals surface area contributed by atoms with Crippen molar-refractivity contribution in [3.05, 3.63) is 38.0 Å². The highest BCUT2D eigenvalue weighted by Gasteiger charge is 2.23. The first-order chi connectivity index (χ1) is 6.08. The fourth-order valence-corrected chi connectivity index (χ4v) is 0.851. The van der Waals surface area contributed by atoms with Crippen LogP contribution in [0.25, 0.3) is 0 Å². The average Bonchev–Trinajstić information content (AvgIpc) is 2.16. The summed E-state index contributed by atoms with van der Waals surface area (Å²) in [5.41, 5.74) is 7.44. The number of nitrogens with zero attached hydrogens (tertiary/aromatic N) is 1. The summed E-state index contributed by atoms with van der Waals surface area (Å²) in [5, 5.41) is 18.7. The first-order valence-electron chi connectivity index (χ1n) is 3.80. The van der Waals surface area contributed by atoms with Crippen molar-refractivity contribution in [2.24, 2.45) is 0 Å². The maximum Gasteiger partial charge on any atom is 0.130 e. The number of hydrogen-bond acceptors (Lipinski definition) is 3. The van der Waals surface area contributed by atoms with Gasteiger partial charge in [-0.25, -0.2) is 10.6 Å². The normalized spacial score (nSPS) is 17.5. The van der Waals surface area contributed by atoms with Crippen LogP contribution in [0.2, 0.25) is 0 Å². The van der Waals surface area contributed by atoms with E-state index in [-0.39, 0.29) is 0 Å². The maximum atomic E-state index is 9.35. The van der Waals surface area contributed by atoms with Crippen LogP contribution in [0, 0.1) is 0 Å². The highest BCUT2D eigenvalue weighted by Crippen LogP contribution is 2.08. The van der Waals surface area contributed by atoms with E-state index in [4.69, 9.17) is 5.73 Å². The largest absolute Gasteiger partial charge is 0.375 e. The number of aliphatic hydroxyl groups excluding tert-OH is 2. The summed E-state index contributed by atoms with van der Waals surface area (Å²) in [6, 6.07) is 0. The van der Waals surface area contributed by atoms with Crippen LogP contribution >= 0.6 is 0 Å². The Kier molecular flexibility index (Phi) is 5.25. The monoisotopic (exact) mass is 183 g/mol. The van der Waals surface area contributed by atoms with Crippen LogP contribution in [0.5, 0.6) is 0 Å². The second-order valence-electron chi connectivity index (χ2n) is 2.43. The molecule has 3 atom stereocenters. The Bertz CT molecular complexity index is 161. The molecule has 0 amide bonds. The number of aliphatic hydroxyl groups is 2. The van der Waals surface area contributed by atoms with E-state index >= 15 is 0 Å². The lowest BCUT2D eigenvalue weighted by Gasteiger charge is -2.31. The Morgan fingerprint density at radius 2 is 1.38 bits per heavy atom. The second kappa shape index (κ2) is 5.66. The maximum absolute atomic E-state index is 9.35. The molecule has 1 radical (unpaired) electrons. The van der Waals surface area contributed by atoms with Gasteiger partial charge in [-0.1, -0.05) is 19.2 Å². The van der Waals surface area contributed by atoms with Crippen LogP contribution < -0.4 is 5.73 Å². The standard InChI is InChI=1S/C9H15N2O2/c1-4-7(10)11(8(12)5-2)9(13)6-3/h4-10,12-13H,1-3H2. The Morgan fingerprint density at radius 1 is 1.00 bits per heavy atom. The molecule has 0 heterocycles. The minimum atomic E-state index is -1.09. The van der Waals surface area contributed by atoms with Gasteiger partial charge in [-0.15, -0.1) is 6.58 Å². The van der Waals surface area contributed by atoms with Crippen LogP contribution in [0.15, 0.2) is 38.0 Å². The van der Waals surface area contributed by atoms with Gasteiger partial charge >= 0.3 is 0 Å². The lowest BCUT2D eigenvalue weighted by atomic mass is 10.3. The summed E-state index contributed by atoms with van der Waals surface area (Å²) in [6.07, 6.45) is 0.651. The fraction of sp³-hybridized carbons (Fsp3) is 0.333. The molecule has 0 saturated carbocycles. The molecule has 0 spiro atoms. The Hall–Kier alpha value is -0.940. The molecule has 0 aliphatic carbocycles. The van der Waals surface area contributed by atoms with Crippen molar-refractivity contribution < 1.29 is 10.2 Å². The van der Waals surface area contributed by atoms with Gasteiger partial charge in [0.1, 0.15) is 12.5 Å². The molecule has 0 fully saturated rings. The predicted octanol–water partition coefficient (Wildman–Crippen LogP) is 0.0922. The molecule has 0 bridgehead atoms. The minimum absolute atomic E-state index is 0.902. The molecule has 0 aromatic rings. The van der Waals surface area contributed by atoms with Gasteiger partial charge < -0.3 is 10.2 Å². The number of nitrogens with one attached hydrogen (secondary N) is 1. The molecule has 0 aliphatic heterocycles. The molecule has 3 N–H and O–H groups in total. The summed E-state index contributed by atoms with van der Waals surface area (Å²) >= 11 is 0. The highest BCUT2D eigenvalue weighted by atomic mass is 16.3.